The van der Waals surface area contributed by atoms with Crippen LogP contribution >= 0.6 is 0 Å². The predicted molar refractivity (Wildman–Crippen MR) is 109 cm³/mol. The van der Waals surface area contributed by atoms with Crippen molar-refractivity contribution in [3.63, 3.8) is 0 Å². The standard InChI is InChI=1S/C20H31N5O4/c1-21-20(23-15-16-5-3-7-22-18(16)29-14-13-27-2)25-10-8-24(9-11-25)19(26)17-6-4-12-28-17/h3,5,7,17H,4,6,8-15H2,1-2H3,(H,21,23). The molecule has 2 aliphatic heterocycles. The van der Waals surface area contributed by atoms with E-state index in [-0.39, 0.29) is 12.0 Å². The smallest absolute Gasteiger partial charge is 0.251 e. The molecular formula is C20H31N5O4. The second-order valence-electron chi connectivity index (χ2n) is 7.02. The second kappa shape index (κ2) is 11.0. The molecule has 3 heterocycles. The number of pyridine rings is 1. The highest BCUT2D eigenvalue weighted by molar-refractivity contribution is 5.82. The molecule has 1 aromatic rings. The minimum atomic E-state index is -0.249. The van der Waals surface area contributed by atoms with Crippen molar-refractivity contribution in [2.45, 2.75) is 25.5 Å². The first-order chi connectivity index (χ1) is 14.2. The number of piperazine rings is 1. The maximum atomic E-state index is 12.5. The summed E-state index contributed by atoms with van der Waals surface area (Å²) in [6, 6.07) is 3.87. The van der Waals surface area contributed by atoms with Gasteiger partial charge in [0.05, 0.1) is 6.61 Å². The van der Waals surface area contributed by atoms with Crippen LogP contribution in [0.4, 0.5) is 0 Å². The van der Waals surface area contributed by atoms with E-state index >= 15 is 0 Å². The van der Waals surface area contributed by atoms with E-state index in [0.717, 1.165) is 37.5 Å². The van der Waals surface area contributed by atoms with Gasteiger partial charge < -0.3 is 29.3 Å². The van der Waals surface area contributed by atoms with Crippen molar-refractivity contribution in [1.82, 2.24) is 20.1 Å². The molecular weight excluding hydrogens is 374 g/mol. The highest BCUT2D eigenvalue weighted by Gasteiger charge is 2.30. The lowest BCUT2D eigenvalue weighted by molar-refractivity contribution is -0.142. The van der Waals surface area contributed by atoms with Crippen molar-refractivity contribution in [2.24, 2.45) is 4.99 Å². The number of rotatable bonds is 7. The average molecular weight is 405 g/mol. The van der Waals surface area contributed by atoms with E-state index < -0.39 is 0 Å². The van der Waals surface area contributed by atoms with E-state index in [9.17, 15) is 4.79 Å². The number of methoxy groups -OCH3 is 1. The lowest BCUT2D eigenvalue weighted by Gasteiger charge is -2.37. The highest BCUT2D eigenvalue weighted by atomic mass is 16.5. The zero-order chi connectivity index (χ0) is 20.5. The van der Waals surface area contributed by atoms with Crippen molar-refractivity contribution < 1.29 is 19.0 Å². The molecule has 2 aliphatic rings. The van der Waals surface area contributed by atoms with Gasteiger partial charge in [-0.25, -0.2) is 4.98 Å². The third-order valence-electron chi connectivity index (χ3n) is 5.12. The predicted octanol–water partition coefficient (Wildman–Crippen LogP) is 0.505. The number of amides is 1. The molecule has 160 valence electrons. The Morgan fingerprint density at radius 1 is 1.31 bits per heavy atom. The van der Waals surface area contributed by atoms with Gasteiger partial charge in [-0.1, -0.05) is 6.07 Å². The van der Waals surface area contributed by atoms with Crippen LogP contribution in [0.5, 0.6) is 5.88 Å². The lowest BCUT2D eigenvalue weighted by atomic mass is 10.2. The van der Waals surface area contributed by atoms with E-state index in [4.69, 9.17) is 14.2 Å². The Morgan fingerprint density at radius 3 is 2.79 bits per heavy atom. The Labute approximate surface area is 172 Å². The maximum Gasteiger partial charge on any atom is 0.251 e. The number of carbonyl (C=O) groups excluding carboxylic acids is 1. The summed E-state index contributed by atoms with van der Waals surface area (Å²) < 4.78 is 16.2. The van der Waals surface area contributed by atoms with Gasteiger partial charge in [-0.2, -0.15) is 0 Å². The van der Waals surface area contributed by atoms with Crippen molar-refractivity contribution in [2.75, 3.05) is 60.2 Å². The monoisotopic (exact) mass is 405 g/mol. The minimum Gasteiger partial charge on any atom is -0.475 e. The lowest BCUT2D eigenvalue weighted by Crippen LogP contribution is -2.55. The van der Waals surface area contributed by atoms with Gasteiger partial charge >= 0.3 is 0 Å². The maximum absolute atomic E-state index is 12.5. The first kappa shape index (κ1) is 21.3. The highest BCUT2D eigenvalue weighted by Crippen LogP contribution is 2.17. The Bertz CT molecular complexity index is 685. The first-order valence-electron chi connectivity index (χ1n) is 10.1. The summed E-state index contributed by atoms with van der Waals surface area (Å²) >= 11 is 0. The number of nitrogens with zero attached hydrogens (tertiary/aromatic N) is 4. The Kier molecular flexibility index (Phi) is 8.06. The molecule has 29 heavy (non-hydrogen) atoms. The largest absolute Gasteiger partial charge is 0.475 e. The van der Waals surface area contributed by atoms with Gasteiger partial charge in [-0.3, -0.25) is 9.79 Å². The Morgan fingerprint density at radius 2 is 2.10 bits per heavy atom. The van der Waals surface area contributed by atoms with Crippen LogP contribution in [-0.2, 0) is 20.8 Å². The van der Waals surface area contributed by atoms with Gasteiger partial charge in [0, 0.05) is 65.2 Å². The van der Waals surface area contributed by atoms with Crippen LogP contribution in [0, 0.1) is 0 Å². The van der Waals surface area contributed by atoms with Crippen LogP contribution in [0.25, 0.3) is 0 Å². The number of hydrogen-bond acceptors (Lipinski definition) is 6. The van der Waals surface area contributed by atoms with E-state index in [0.29, 0.717) is 45.3 Å². The molecule has 2 saturated heterocycles. The van der Waals surface area contributed by atoms with Gasteiger partial charge in [0.25, 0.3) is 5.91 Å². The van der Waals surface area contributed by atoms with E-state index in [1.807, 2.05) is 17.0 Å². The zero-order valence-corrected chi connectivity index (χ0v) is 17.3. The van der Waals surface area contributed by atoms with Gasteiger partial charge in [0.2, 0.25) is 5.88 Å². The van der Waals surface area contributed by atoms with E-state index in [1.165, 1.54) is 0 Å². The van der Waals surface area contributed by atoms with E-state index in [1.54, 1.807) is 20.4 Å². The molecule has 2 fully saturated rings. The summed E-state index contributed by atoms with van der Waals surface area (Å²) in [6.07, 6.45) is 3.27. The third kappa shape index (κ3) is 5.80. The number of ether oxygens (including phenoxy) is 3. The summed E-state index contributed by atoms with van der Waals surface area (Å²) in [6.45, 7) is 5.05. The molecule has 1 unspecified atom stereocenters. The molecule has 0 aliphatic carbocycles. The SMILES string of the molecule is CN=C(NCc1cccnc1OCCOC)N1CCN(C(=O)C2CCCO2)CC1. The van der Waals surface area contributed by atoms with Crippen LogP contribution in [0.15, 0.2) is 23.3 Å². The summed E-state index contributed by atoms with van der Waals surface area (Å²) in [5, 5.41) is 3.38. The molecule has 0 radical (unpaired) electrons. The molecule has 0 spiro atoms. The number of carbonyl (C=O) groups is 1. The molecule has 0 bridgehead atoms. The second-order valence-corrected chi connectivity index (χ2v) is 7.02. The summed E-state index contributed by atoms with van der Waals surface area (Å²) in [7, 11) is 3.41. The fourth-order valence-corrected chi connectivity index (χ4v) is 3.53. The van der Waals surface area contributed by atoms with Gasteiger partial charge in [0.1, 0.15) is 12.7 Å². The topological polar surface area (TPSA) is 88.5 Å². The molecule has 0 aromatic carbocycles. The Balaban J connectivity index is 1.49. The number of nitrogens with one attached hydrogen (secondary N) is 1. The zero-order valence-electron chi connectivity index (χ0n) is 17.3. The minimum absolute atomic E-state index is 0.123. The molecule has 1 amide bonds. The fourth-order valence-electron chi connectivity index (χ4n) is 3.53. The number of aliphatic imine (C=N–C) groups is 1. The van der Waals surface area contributed by atoms with Gasteiger partial charge in [-0.05, 0) is 18.9 Å². The summed E-state index contributed by atoms with van der Waals surface area (Å²) in [5.41, 5.74) is 0.956. The molecule has 0 saturated carbocycles. The third-order valence-corrected chi connectivity index (χ3v) is 5.12. The van der Waals surface area contributed by atoms with Crippen LogP contribution in [0.1, 0.15) is 18.4 Å². The summed E-state index contributed by atoms with van der Waals surface area (Å²) in [4.78, 5) is 25.3. The molecule has 9 nitrogen and oxygen atoms in total. The van der Waals surface area contributed by atoms with Crippen LogP contribution < -0.4 is 10.1 Å². The van der Waals surface area contributed by atoms with E-state index in [2.05, 4.69) is 20.2 Å². The van der Waals surface area contributed by atoms with Crippen molar-refractivity contribution in [3.8, 4) is 5.88 Å². The fraction of sp³-hybridized carbons (Fsp3) is 0.650. The summed E-state index contributed by atoms with van der Waals surface area (Å²) in [5.74, 6) is 1.53. The molecule has 3 rings (SSSR count). The van der Waals surface area contributed by atoms with Crippen molar-refractivity contribution >= 4 is 11.9 Å². The van der Waals surface area contributed by atoms with Crippen LogP contribution in [0.3, 0.4) is 0 Å². The van der Waals surface area contributed by atoms with Crippen LogP contribution in [-0.4, -0.2) is 92.9 Å². The quantitative estimate of drug-likeness (QED) is 0.402. The van der Waals surface area contributed by atoms with Crippen molar-refractivity contribution in [1.29, 1.82) is 0 Å². The van der Waals surface area contributed by atoms with Crippen LogP contribution in [0.2, 0.25) is 0 Å². The Hall–Kier alpha value is -2.39. The number of hydrogen-bond donors (Lipinski definition) is 1. The molecule has 1 aromatic heterocycles. The first-order valence-corrected chi connectivity index (χ1v) is 10.1. The average Bonchev–Trinajstić information content (AvgIpc) is 3.30. The number of guanidine groups is 1. The van der Waals surface area contributed by atoms with Gasteiger partial charge in [-0.15, -0.1) is 0 Å². The van der Waals surface area contributed by atoms with Gasteiger partial charge in [0.15, 0.2) is 5.96 Å². The molecule has 1 atom stereocenters. The molecule has 9 heteroatoms. The number of aromatic nitrogens is 1. The molecule has 1 N–H and O–H groups in total. The van der Waals surface area contributed by atoms with Crippen molar-refractivity contribution in [3.05, 3.63) is 23.9 Å². The normalized spacial score (nSPS) is 20.1.